The van der Waals surface area contributed by atoms with E-state index in [1.54, 1.807) is 11.0 Å². The number of carbonyl (C=O) groups is 2. The highest BCUT2D eigenvalue weighted by Crippen LogP contribution is 2.31. The van der Waals surface area contributed by atoms with Crippen molar-refractivity contribution in [2.24, 2.45) is 0 Å². The second kappa shape index (κ2) is 13.0. The molecule has 3 aromatic carbocycles. The first-order valence-corrected chi connectivity index (χ1v) is 14.0. The van der Waals surface area contributed by atoms with E-state index >= 15 is 0 Å². The van der Waals surface area contributed by atoms with Gasteiger partial charge in [-0.2, -0.15) is 0 Å². The minimum absolute atomic E-state index is 0.131. The molecule has 7 heteroatoms. The molecule has 0 unspecified atom stereocenters. The lowest BCUT2D eigenvalue weighted by Gasteiger charge is -2.30. The van der Waals surface area contributed by atoms with Crippen molar-refractivity contribution in [1.82, 2.24) is 4.90 Å². The van der Waals surface area contributed by atoms with Gasteiger partial charge in [0, 0.05) is 19.6 Å². The van der Waals surface area contributed by atoms with Gasteiger partial charge in [0.2, 0.25) is 0 Å². The van der Waals surface area contributed by atoms with E-state index in [0.29, 0.717) is 18.5 Å². The fourth-order valence-electron chi connectivity index (χ4n) is 4.99. The fourth-order valence-corrected chi connectivity index (χ4v) is 4.99. The summed E-state index contributed by atoms with van der Waals surface area (Å²) in [6.07, 6.45) is 2.64. The van der Waals surface area contributed by atoms with Gasteiger partial charge in [0.05, 0.1) is 23.9 Å². The number of ether oxygens (including phenoxy) is 1. The Morgan fingerprint density at radius 2 is 1.57 bits per heavy atom. The molecule has 1 saturated heterocycles. The predicted octanol–water partition coefficient (Wildman–Crippen LogP) is 6.56. The highest BCUT2D eigenvalue weighted by atomic mass is 16.6. The first kappa shape index (κ1) is 29.2. The van der Waals surface area contributed by atoms with Crippen LogP contribution in [0.1, 0.15) is 67.6 Å². The molecule has 0 aliphatic carbocycles. The van der Waals surface area contributed by atoms with Gasteiger partial charge in [0.25, 0.3) is 0 Å². The number of carboxylic acid groups (broad SMARTS) is 1. The molecule has 2 N–H and O–H groups in total. The highest BCUT2D eigenvalue weighted by molar-refractivity contribution is 5.95. The van der Waals surface area contributed by atoms with Crippen molar-refractivity contribution in [1.29, 1.82) is 0 Å². The van der Waals surface area contributed by atoms with Crippen molar-refractivity contribution in [2.45, 2.75) is 58.2 Å². The van der Waals surface area contributed by atoms with Crippen molar-refractivity contribution in [3.63, 3.8) is 0 Å². The molecule has 1 amide bonds. The standard InChI is InChI=1S/C33H40N2O5/c1-33(2,3)40-32(39)35(23-30(36)26-10-6-4-7-11-26)21-18-24-12-14-25(15-13-24)27-16-17-28(31(37)38)29(22-27)34-19-8-5-9-20-34/h4,6-7,10-17,22,30,36H,5,8-9,18-21,23H2,1-3H3,(H,37,38)/t30-/m0/s1. The Kier molecular flexibility index (Phi) is 9.48. The zero-order valence-electron chi connectivity index (χ0n) is 23.7. The Morgan fingerprint density at radius 3 is 2.20 bits per heavy atom. The molecule has 1 atom stereocenters. The Balaban J connectivity index is 1.47. The van der Waals surface area contributed by atoms with Gasteiger partial charge in [-0.25, -0.2) is 9.59 Å². The Hall–Kier alpha value is -3.84. The van der Waals surface area contributed by atoms with Crippen molar-refractivity contribution in [3.8, 4) is 11.1 Å². The number of piperidine rings is 1. The van der Waals surface area contributed by atoms with E-state index in [1.165, 1.54) is 6.42 Å². The number of carboxylic acids is 1. The number of hydrogen-bond acceptors (Lipinski definition) is 5. The Morgan fingerprint density at radius 1 is 0.925 bits per heavy atom. The Labute approximate surface area is 237 Å². The average Bonchev–Trinajstić information content (AvgIpc) is 2.95. The van der Waals surface area contributed by atoms with Gasteiger partial charge >= 0.3 is 12.1 Å². The molecule has 0 radical (unpaired) electrons. The zero-order valence-corrected chi connectivity index (χ0v) is 23.7. The lowest BCUT2D eigenvalue weighted by molar-refractivity contribution is 0.0147. The lowest BCUT2D eigenvalue weighted by atomic mass is 9.99. The predicted molar refractivity (Wildman–Crippen MR) is 158 cm³/mol. The molecule has 1 aliphatic heterocycles. The molecule has 212 valence electrons. The van der Waals surface area contributed by atoms with E-state index < -0.39 is 23.8 Å². The summed E-state index contributed by atoms with van der Waals surface area (Å²) in [6.45, 7) is 7.75. The van der Waals surface area contributed by atoms with E-state index in [4.69, 9.17) is 4.74 Å². The van der Waals surface area contributed by atoms with Crippen LogP contribution in [0.2, 0.25) is 0 Å². The van der Waals surface area contributed by atoms with Gasteiger partial charge in [-0.05, 0) is 80.8 Å². The summed E-state index contributed by atoms with van der Waals surface area (Å²) < 4.78 is 5.62. The van der Waals surface area contributed by atoms with Crippen LogP contribution in [0.5, 0.6) is 0 Å². The van der Waals surface area contributed by atoms with E-state index in [0.717, 1.165) is 53.9 Å². The monoisotopic (exact) mass is 544 g/mol. The number of rotatable bonds is 9. The molecule has 1 heterocycles. The van der Waals surface area contributed by atoms with Crippen molar-refractivity contribution in [2.75, 3.05) is 31.1 Å². The molecule has 1 fully saturated rings. The minimum Gasteiger partial charge on any atom is -0.478 e. The van der Waals surface area contributed by atoms with Gasteiger partial charge < -0.3 is 24.7 Å². The molecule has 0 bridgehead atoms. The van der Waals surface area contributed by atoms with Crippen LogP contribution in [-0.4, -0.2) is 59.0 Å². The van der Waals surface area contributed by atoms with Crippen LogP contribution >= 0.6 is 0 Å². The second-order valence-electron chi connectivity index (χ2n) is 11.4. The quantitative estimate of drug-likeness (QED) is 0.317. The molecular formula is C33H40N2O5. The molecule has 3 aromatic rings. The molecular weight excluding hydrogens is 504 g/mol. The van der Waals surface area contributed by atoms with Crippen LogP contribution in [0, 0.1) is 0 Å². The van der Waals surface area contributed by atoms with Crippen LogP contribution in [0.4, 0.5) is 10.5 Å². The third kappa shape index (κ3) is 7.85. The molecule has 1 aliphatic rings. The van der Waals surface area contributed by atoms with E-state index in [2.05, 4.69) is 4.90 Å². The lowest BCUT2D eigenvalue weighted by Crippen LogP contribution is -2.40. The third-order valence-electron chi connectivity index (χ3n) is 7.11. The molecule has 0 aromatic heterocycles. The topological polar surface area (TPSA) is 90.3 Å². The van der Waals surface area contributed by atoms with Gasteiger partial charge in [-0.15, -0.1) is 0 Å². The maximum absolute atomic E-state index is 13.0. The molecule has 40 heavy (non-hydrogen) atoms. The van der Waals surface area contributed by atoms with Crippen LogP contribution in [0.3, 0.4) is 0 Å². The number of aliphatic hydroxyl groups is 1. The maximum atomic E-state index is 13.0. The van der Waals surface area contributed by atoms with Crippen LogP contribution in [0.15, 0.2) is 72.8 Å². The van der Waals surface area contributed by atoms with Gasteiger partial charge in [-0.3, -0.25) is 0 Å². The molecule has 0 spiro atoms. The van der Waals surface area contributed by atoms with Crippen LogP contribution in [0.25, 0.3) is 11.1 Å². The van der Waals surface area contributed by atoms with Crippen LogP contribution < -0.4 is 4.90 Å². The molecule has 0 saturated carbocycles. The number of carbonyl (C=O) groups excluding carboxylic acids is 1. The molecule has 7 nitrogen and oxygen atoms in total. The van der Waals surface area contributed by atoms with Gasteiger partial charge in [0.15, 0.2) is 0 Å². The summed E-state index contributed by atoms with van der Waals surface area (Å²) in [6, 6.07) is 23.0. The second-order valence-corrected chi connectivity index (χ2v) is 11.4. The number of aromatic carboxylic acids is 1. The number of aliphatic hydroxyl groups excluding tert-OH is 1. The maximum Gasteiger partial charge on any atom is 0.410 e. The summed E-state index contributed by atoms with van der Waals surface area (Å²) in [5.41, 5.74) is 4.24. The smallest absolute Gasteiger partial charge is 0.410 e. The number of nitrogens with zero attached hydrogens (tertiary/aromatic N) is 2. The summed E-state index contributed by atoms with van der Waals surface area (Å²) >= 11 is 0. The first-order valence-electron chi connectivity index (χ1n) is 14.0. The van der Waals surface area contributed by atoms with Crippen LogP contribution in [-0.2, 0) is 11.2 Å². The minimum atomic E-state index is -0.908. The highest BCUT2D eigenvalue weighted by Gasteiger charge is 2.25. The average molecular weight is 545 g/mol. The zero-order chi connectivity index (χ0) is 28.7. The largest absolute Gasteiger partial charge is 0.478 e. The number of anilines is 1. The van der Waals surface area contributed by atoms with Crippen molar-refractivity contribution >= 4 is 17.7 Å². The van der Waals surface area contributed by atoms with E-state index in [9.17, 15) is 19.8 Å². The number of hydrogen-bond donors (Lipinski definition) is 2. The first-order chi connectivity index (χ1) is 19.1. The third-order valence-corrected chi connectivity index (χ3v) is 7.11. The molecule has 4 rings (SSSR count). The van der Waals surface area contributed by atoms with Crippen molar-refractivity contribution in [3.05, 3.63) is 89.5 Å². The summed E-state index contributed by atoms with van der Waals surface area (Å²) in [5.74, 6) is -0.908. The summed E-state index contributed by atoms with van der Waals surface area (Å²) in [4.78, 5) is 28.6. The van der Waals surface area contributed by atoms with E-state index in [1.807, 2.05) is 87.5 Å². The number of amides is 1. The van der Waals surface area contributed by atoms with E-state index in [-0.39, 0.29) is 6.54 Å². The SMILES string of the molecule is CC(C)(C)OC(=O)N(CCc1ccc(-c2ccc(C(=O)O)c(N3CCCCC3)c2)cc1)C[C@H](O)c1ccccc1. The van der Waals surface area contributed by atoms with Gasteiger partial charge in [0.1, 0.15) is 5.60 Å². The summed E-state index contributed by atoms with van der Waals surface area (Å²) in [5, 5.41) is 20.5. The summed E-state index contributed by atoms with van der Waals surface area (Å²) in [7, 11) is 0. The normalized spacial score (nSPS) is 14.4. The Bertz CT molecular complexity index is 1280. The number of benzene rings is 3. The fraction of sp³-hybridized carbons (Fsp3) is 0.394. The van der Waals surface area contributed by atoms with Gasteiger partial charge in [-0.1, -0.05) is 60.7 Å². The van der Waals surface area contributed by atoms with Crippen molar-refractivity contribution < 1.29 is 24.5 Å².